The maximum atomic E-state index is 5.55. The molecular weight excluding hydrogens is 138 g/mol. The fraction of sp³-hybridized carbons (Fsp3) is 0.375. The van der Waals surface area contributed by atoms with Crippen LogP contribution in [0.3, 0.4) is 0 Å². The molecule has 1 aliphatic heterocycles. The van der Waals surface area contributed by atoms with Crippen molar-refractivity contribution in [2.45, 2.75) is 13.1 Å². The average Bonchev–Trinajstić information content (AvgIpc) is 2.27. The molecule has 2 N–H and O–H groups in total. The second kappa shape index (κ2) is 2.20. The lowest BCUT2D eigenvalue weighted by Gasteiger charge is -2.02. The second-order valence-electron chi connectivity index (χ2n) is 3.05. The quantitative estimate of drug-likeness (QED) is 0.587. The zero-order chi connectivity index (χ0) is 7.84. The van der Waals surface area contributed by atoms with Crippen LogP contribution in [0.25, 0.3) is 0 Å². The molecule has 0 saturated heterocycles. The summed E-state index contributed by atoms with van der Waals surface area (Å²) in [4.78, 5) is 6.28. The molecule has 1 aromatic heterocycles. The summed E-state index contributed by atoms with van der Waals surface area (Å²) in [7, 11) is 2.09. The van der Waals surface area contributed by atoms with Gasteiger partial charge in [0.05, 0.1) is 0 Å². The standard InChI is InChI=1S/C8H11N3/c1-11-4-6-2-8(9)10-3-7(6)5-11/h2-3H,4-5H2,1H3,(H2,9,10). The van der Waals surface area contributed by atoms with Crippen molar-refractivity contribution < 1.29 is 0 Å². The highest BCUT2D eigenvalue weighted by molar-refractivity contribution is 5.38. The Morgan fingerprint density at radius 2 is 2.18 bits per heavy atom. The first-order valence-electron chi connectivity index (χ1n) is 3.67. The van der Waals surface area contributed by atoms with Crippen molar-refractivity contribution in [3.63, 3.8) is 0 Å². The molecule has 3 heteroatoms. The van der Waals surface area contributed by atoms with Gasteiger partial charge in [0.25, 0.3) is 0 Å². The smallest absolute Gasteiger partial charge is 0.123 e. The highest BCUT2D eigenvalue weighted by atomic mass is 15.1. The summed E-state index contributed by atoms with van der Waals surface area (Å²) in [6, 6.07) is 1.96. The Bertz CT molecular complexity index is 283. The summed E-state index contributed by atoms with van der Waals surface area (Å²) in [6.45, 7) is 2.00. The number of fused-ring (bicyclic) bond motifs is 1. The van der Waals surface area contributed by atoms with Crippen LogP contribution in [-0.2, 0) is 13.1 Å². The molecule has 0 atom stereocenters. The minimum absolute atomic E-state index is 0.624. The SMILES string of the molecule is CN1Cc2cnc(N)cc2C1. The first-order valence-corrected chi connectivity index (χ1v) is 3.67. The maximum Gasteiger partial charge on any atom is 0.123 e. The van der Waals surface area contributed by atoms with Gasteiger partial charge in [-0.2, -0.15) is 0 Å². The van der Waals surface area contributed by atoms with Gasteiger partial charge < -0.3 is 5.73 Å². The van der Waals surface area contributed by atoms with E-state index in [1.165, 1.54) is 11.1 Å². The van der Waals surface area contributed by atoms with Crippen LogP contribution in [-0.4, -0.2) is 16.9 Å². The van der Waals surface area contributed by atoms with Crippen molar-refractivity contribution in [1.29, 1.82) is 0 Å². The van der Waals surface area contributed by atoms with E-state index in [0.29, 0.717) is 5.82 Å². The van der Waals surface area contributed by atoms with Gasteiger partial charge in [0.15, 0.2) is 0 Å². The monoisotopic (exact) mass is 149 g/mol. The van der Waals surface area contributed by atoms with E-state index < -0.39 is 0 Å². The molecule has 58 valence electrons. The number of hydrogen-bond donors (Lipinski definition) is 1. The van der Waals surface area contributed by atoms with Crippen LogP contribution < -0.4 is 5.73 Å². The van der Waals surface area contributed by atoms with Gasteiger partial charge >= 0.3 is 0 Å². The number of rotatable bonds is 0. The summed E-state index contributed by atoms with van der Waals surface area (Å²) in [5.41, 5.74) is 8.17. The van der Waals surface area contributed by atoms with E-state index in [4.69, 9.17) is 5.73 Å². The summed E-state index contributed by atoms with van der Waals surface area (Å²) in [6.07, 6.45) is 1.87. The second-order valence-corrected chi connectivity index (χ2v) is 3.05. The number of aromatic nitrogens is 1. The summed E-state index contributed by atoms with van der Waals surface area (Å²) >= 11 is 0. The highest BCUT2D eigenvalue weighted by Crippen LogP contribution is 2.21. The molecular formula is C8H11N3. The van der Waals surface area contributed by atoms with Crippen LogP contribution >= 0.6 is 0 Å². The number of hydrogen-bond acceptors (Lipinski definition) is 3. The molecule has 0 bridgehead atoms. The Morgan fingerprint density at radius 1 is 1.45 bits per heavy atom. The molecule has 0 saturated carbocycles. The van der Waals surface area contributed by atoms with Crippen LogP contribution in [0.15, 0.2) is 12.3 Å². The van der Waals surface area contributed by atoms with Crippen molar-refractivity contribution in [2.75, 3.05) is 12.8 Å². The van der Waals surface area contributed by atoms with Crippen molar-refractivity contribution in [1.82, 2.24) is 9.88 Å². The normalized spacial score (nSPS) is 16.8. The molecule has 0 amide bonds. The van der Waals surface area contributed by atoms with E-state index in [0.717, 1.165) is 13.1 Å². The topological polar surface area (TPSA) is 42.2 Å². The molecule has 2 heterocycles. The number of nitrogens with zero attached hydrogens (tertiary/aromatic N) is 2. The van der Waals surface area contributed by atoms with Crippen molar-refractivity contribution in [3.05, 3.63) is 23.4 Å². The third-order valence-electron chi connectivity index (χ3n) is 1.98. The molecule has 11 heavy (non-hydrogen) atoms. The van der Waals surface area contributed by atoms with Gasteiger partial charge in [-0.25, -0.2) is 4.98 Å². The van der Waals surface area contributed by atoms with Gasteiger partial charge in [-0.1, -0.05) is 0 Å². The van der Waals surface area contributed by atoms with Crippen LogP contribution in [0, 0.1) is 0 Å². The fourth-order valence-corrected chi connectivity index (χ4v) is 1.47. The zero-order valence-electron chi connectivity index (χ0n) is 6.54. The Balaban J connectivity index is 2.43. The Morgan fingerprint density at radius 3 is 3.00 bits per heavy atom. The number of pyridine rings is 1. The van der Waals surface area contributed by atoms with E-state index in [9.17, 15) is 0 Å². The first kappa shape index (κ1) is 6.61. The van der Waals surface area contributed by atoms with Gasteiger partial charge in [0.2, 0.25) is 0 Å². The lowest BCUT2D eigenvalue weighted by atomic mass is 10.2. The van der Waals surface area contributed by atoms with Crippen LogP contribution in [0.4, 0.5) is 5.82 Å². The Labute approximate surface area is 65.8 Å². The predicted molar refractivity (Wildman–Crippen MR) is 43.8 cm³/mol. The summed E-state index contributed by atoms with van der Waals surface area (Å²) in [5.74, 6) is 0.624. The third-order valence-corrected chi connectivity index (χ3v) is 1.98. The molecule has 0 spiro atoms. The minimum atomic E-state index is 0.624. The minimum Gasteiger partial charge on any atom is -0.384 e. The number of nitrogen functional groups attached to an aromatic ring is 1. The predicted octanol–water partition coefficient (Wildman–Crippen LogP) is 0.609. The molecule has 1 aliphatic rings. The van der Waals surface area contributed by atoms with E-state index in [1.807, 2.05) is 12.3 Å². The van der Waals surface area contributed by atoms with Gasteiger partial charge in [-0.05, 0) is 24.2 Å². The van der Waals surface area contributed by atoms with Gasteiger partial charge in [-0.3, -0.25) is 4.90 Å². The Hall–Kier alpha value is -1.09. The van der Waals surface area contributed by atoms with Crippen molar-refractivity contribution >= 4 is 5.82 Å². The molecule has 0 fully saturated rings. The number of anilines is 1. The van der Waals surface area contributed by atoms with Gasteiger partial charge in [-0.15, -0.1) is 0 Å². The average molecular weight is 149 g/mol. The molecule has 2 rings (SSSR count). The lowest BCUT2D eigenvalue weighted by Crippen LogP contribution is -2.07. The molecule has 0 aliphatic carbocycles. The fourth-order valence-electron chi connectivity index (χ4n) is 1.47. The van der Waals surface area contributed by atoms with E-state index in [2.05, 4.69) is 16.9 Å². The largest absolute Gasteiger partial charge is 0.384 e. The van der Waals surface area contributed by atoms with Gasteiger partial charge in [0, 0.05) is 19.3 Å². The molecule has 3 nitrogen and oxygen atoms in total. The molecule has 1 aromatic rings. The molecule has 0 unspecified atom stereocenters. The summed E-state index contributed by atoms with van der Waals surface area (Å²) in [5, 5.41) is 0. The third kappa shape index (κ3) is 1.07. The van der Waals surface area contributed by atoms with E-state index >= 15 is 0 Å². The van der Waals surface area contributed by atoms with Crippen molar-refractivity contribution in [2.24, 2.45) is 0 Å². The Kier molecular flexibility index (Phi) is 1.32. The highest BCUT2D eigenvalue weighted by Gasteiger charge is 2.15. The molecule has 0 aromatic carbocycles. The van der Waals surface area contributed by atoms with Gasteiger partial charge in [0.1, 0.15) is 5.82 Å². The maximum absolute atomic E-state index is 5.55. The number of nitrogens with two attached hydrogens (primary N) is 1. The van der Waals surface area contributed by atoms with Crippen LogP contribution in [0.1, 0.15) is 11.1 Å². The molecule has 0 radical (unpaired) electrons. The van der Waals surface area contributed by atoms with Crippen LogP contribution in [0.2, 0.25) is 0 Å². The summed E-state index contributed by atoms with van der Waals surface area (Å²) < 4.78 is 0. The van der Waals surface area contributed by atoms with Crippen molar-refractivity contribution in [3.8, 4) is 0 Å². The van der Waals surface area contributed by atoms with E-state index in [1.54, 1.807) is 0 Å². The van der Waals surface area contributed by atoms with E-state index in [-0.39, 0.29) is 0 Å². The lowest BCUT2D eigenvalue weighted by molar-refractivity contribution is 0.353. The zero-order valence-corrected chi connectivity index (χ0v) is 6.54. The first-order chi connectivity index (χ1) is 5.25. The van der Waals surface area contributed by atoms with Crippen LogP contribution in [0.5, 0.6) is 0 Å².